The van der Waals surface area contributed by atoms with E-state index in [-0.39, 0.29) is 17.5 Å². The molecule has 0 saturated heterocycles. The topological polar surface area (TPSA) is 68.9 Å². The molecule has 0 aromatic carbocycles. The van der Waals surface area contributed by atoms with Crippen molar-refractivity contribution in [1.29, 1.82) is 0 Å². The van der Waals surface area contributed by atoms with E-state index in [0.29, 0.717) is 5.69 Å². The summed E-state index contributed by atoms with van der Waals surface area (Å²) in [5.41, 5.74) is 0.316. The predicted molar refractivity (Wildman–Crippen MR) is 51.0 cm³/mol. The van der Waals surface area contributed by atoms with Crippen LogP contribution in [-0.4, -0.2) is 15.1 Å². The Balaban J connectivity index is 2.90. The number of aromatic nitrogens is 2. The van der Waals surface area contributed by atoms with E-state index in [2.05, 4.69) is 16.9 Å². The molecule has 0 fully saturated rings. The van der Waals surface area contributed by atoms with Gasteiger partial charge in [-0.15, -0.1) is 0 Å². The van der Waals surface area contributed by atoms with Gasteiger partial charge in [0.15, 0.2) is 0 Å². The maximum atomic E-state index is 10.9. The molecular formula is C9H16N2O2. The van der Waals surface area contributed by atoms with Crippen molar-refractivity contribution in [3.8, 4) is 5.88 Å². The number of hydrogen-bond acceptors (Lipinski definition) is 2. The van der Waals surface area contributed by atoms with Crippen LogP contribution in [0.25, 0.3) is 0 Å². The minimum Gasteiger partial charge on any atom is -0.493 e. The Morgan fingerprint density at radius 1 is 1.38 bits per heavy atom. The molecule has 1 atom stereocenters. The molecule has 4 heteroatoms. The number of nitrogens with one attached hydrogen (secondary N) is 2. The summed E-state index contributed by atoms with van der Waals surface area (Å²) >= 11 is 0. The van der Waals surface area contributed by atoms with Gasteiger partial charge in [0.25, 0.3) is 0 Å². The highest BCUT2D eigenvalue weighted by Crippen LogP contribution is 2.27. The smallest absolute Gasteiger partial charge is 0.325 e. The van der Waals surface area contributed by atoms with Gasteiger partial charge in [-0.05, 0) is 12.8 Å². The summed E-state index contributed by atoms with van der Waals surface area (Å²) in [4.78, 5) is 15.8. The van der Waals surface area contributed by atoms with Gasteiger partial charge in [-0.1, -0.05) is 20.3 Å². The first kappa shape index (κ1) is 9.89. The Kier molecular flexibility index (Phi) is 3.17. The molecule has 1 unspecified atom stereocenters. The normalized spacial score (nSPS) is 13.1. The molecule has 0 aliphatic carbocycles. The fraction of sp³-hybridized carbons (Fsp3) is 0.667. The van der Waals surface area contributed by atoms with Crippen molar-refractivity contribution in [3.63, 3.8) is 0 Å². The molecule has 1 rings (SSSR count). The zero-order valence-electron chi connectivity index (χ0n) is 8.05. The third-order valence-electron chi connectivity index (χ3n) is 2.27. The largest absolute Gasteiger partial charge is 0.493 e. The summed E-state index contributed by atoms with van der Waals surface area (Å²) in [7, 11) is 0. The van der Waals surface area contributed by atoms with Gasteiger partial charge in [-0.2, -0.15) is 0 Å². The predicted octanol–water partition coefficient (Wildman–Crippen LogP) is 1.70. The van der Waals surface area contributed by atoms with Gasteiger partial charge in [-0.3, -0.25) is 4.98 Å². The lowest BCUT2D eigenvalue weighted by molar-refractivity contribution is 0.436. The second kappa shape index (κ2) is 4.16. The molecular weight excluding hydrogens is 168 g/mol. The van der Waals surface area contributed by atoms with E-state index in [4.69, 9.17) is 0 Å². The first-order valence-electron chi connectivity index (χ1n) is 4.70. The SMILES string of the molecule is CCCC(CC)c1[nH]c(=O)[nH]c1O. The van der Waals surface area contributed by atoms with Crippen LogP contribution in [0.5, 0.6) is 5.88 Å². The molecule has 74 valence electrons. The van der Waals surface area contributed by atoms with Crippen molar-refractivity contribution in [2.75, 3.05) is 0 Å². The van der Waals surface area contributed by atoms with Crippen LogP contribution in [-0.2, 0) is 0 Å². The molecule has 0 aliphatic heterocycles. The highest BCUT2D eigenvalue weighted by Gasteiger charge is 2.15. The Hall–Kier alpha value is -1.19. The van der Waals surface area contributed by atoms with Gasteiger partial charge < -0.3 is 10.1 Å². The summed E-state index contributed by atoms with van der Waals surface area (Å²) in [5, 5.41) is 9.37. The quantitative estimate of drug-likeness (QED) is 0.666. The van der Waals surface area contributed by atoms with Gasteiger partial charge in [0.05, 0.1) is 5.69 Å². The molecule has 0 amide bonds. The molecule has 3 N–H and O–H groups in total. The molecule has 4 nitrogen and oxygen atoms in total. The first-order chi connectivity index (χ1) is 6.19. The lowest BCUT2D eigenvalue weighted by Crippen LogP contribution is -2.03. The second-order valence-corrected chi connectivity index (χ2v) is 3.24. The van der Waals surface area contributed by atoms with Crippen LogP contribution in [0.15, 0.2) is 4.79 Å². The van der Waals surface area contributed by atoms with Crippen molar-refractivity contribution < 1.29 is 5.11 Å². The Labute approximate surface area is 77.0 Å². The molecule has 13 heavy (non-hydrogen) atoms. The molecule has 0 bridgehead atoms. The molecule has 0 saturated carbocycles. The summed E-state index contributed by atoms with van der Waals surface area (Å²) in [6.07, 6.45) is 2.96. The van der Waals surface area contributed by atoms with Crippen molar-refractivity contribution in [1.82, 2.24) is 9.97 Å². The lowest BCUT2D eigenvalue weighted by Gasteiger charge is -2.10. The number of aromatic amines is 2. The van der Waals surface area contributed by atoms with Crippen LogP contribution in [0.2, 0.25) is 0 Å². The Morgan fingerprint density at radius 3 is 2.46 bits per heavy atom. The van der Waals surface area contributed by atoms with Crippen molar-refractivity contribution >= 4 is 0 Å². The monoisotopic (exact) mass is 184 g/mol. The maximum Gasteiger partial charge on any atom is 0.325 e. The maximum absolute atomic E-state index is 10.9. The minimum absolute atomic E-state index is 0.00898. The average molecular weight is 184 g/mol. The molecule has 1 heterocycles. The van der Waals surface area contributed by atoms with Gasteiger partial charge in [0.2, 0.25) is 5.88 Å². The highest BCUT2D eigenvalue weighted by molar-refractivity contribution is 5.20. The van der Waals surface area contributed by atoms with E-state index in [1.807, 2.05) is 6.92 Å². The average Bonchev–Trinajstić information content (AvgIpc) is 2.41. The van der Waals surface area contributed by atoms with Crippen molar-refractivity contribution in [2.45, 2.75) is 39.0 Å². The van der Waals surface area contributed by atoms with Gasteiger partial charge in [0, 0.05) is 5.92 Å². The summed E-state index contributed by atoms with van der Waals surface area (Å²) in [5.74, 6) is 0.245. The third-order valence-corrected chi connectivity index (χ3v) is 2.27. The van der Waals surface area contributed by atoms with E-state index in [0.717, 1.165) is 19.3 Å². The first-order valence-corrected chi connectivity index (χ1v) is 4.70. The molecule has 0 spiro atoms. The van der Waals surface area contributed by atoms with Crippen molar-refractivity contribution in [2.24, 2.45) is 0 Å². The summed E-state index contributed by atoms with van der Waals surface area (Å²) in [6, 6.07) is 0. The summed E-state index contributed by atoms with van der Waals surface area (Å²) < 4.78 is 0. The van der Waals surface area contributed by atoms with Crippen LogP contribution in [0.3, 0.4) is 0 Å². The van der Waals surface area contributed by atoms with Gasteiger partial charge >= 0.3 is 5.69 Å². The Morgan fingerprint density at radius 2 is 2.08 bits per heavy atom. The second-order valence-electron chi connectivity index (χ2n) is 3.24. The standard InChI is InChI=1S/C9H16N2O2/c1-3-5-6(4-2)7-8(12)11-9(13)10-7/h6,12H,3-5H2,1-2H3,(H2,10,11,13). The van der Waals surface area contributed by atoms with Crippen LogP contribution >= 0.6 is 0 Å². The molecule has 0 aliphatic rings. The Bertz CT molecular complexity index is 314. The van der Waals surface area contributed by atoms with Crippen LogP contribution in [0.1, 0.15) is 44.7 Å². The number of aromatic hydroxyl groups is 1. The molecule has 1 aromatic rings. The highest BCUT2D eigenvalue weighted by atomic mass is 16.3. The number of hydrogen-bond donors (Lipinski definition) is 3. The number of H-pyrrole nitrogens is 2. The van der Waals surface area contributed by atoms with Crippen LogP contribution < -0.4 is 5.69 Å². The van der Waals surface area contributed by atoms with Gasteiger partial charge in [-0.25, -0.2) is 4.79 Å². The molecule has 0 radical (unpaired) electrons. The minimum atomic E-state index is -0.331. The zero-order chi connectivity index (χ0) is 9.84. The fourth-order valence-electron chi connectivity index (χ4n) is 1.58. The van der Waals surface area contributed by atoms with E-state index in [1.165, 1.54) is 0 Å². The lowest BCUT2D eigenvalue weighted by atomic mass is 9.97. The van der Waals surface area contributed by atoms with E-state index < -0.39 is 0 Å². The van der Waals surface area contributed by atoms with Crippen LogP contribution in [0.4, 0.5) is 0 Å². The van der Waals surface area contributed by atoms with Crippen molar-refractivity contribution in [3.05, 3.63) is 16.2 Å². The van der Waals surface area contributed by atoms with E-state index in [9.17, 15) is 9.90 Å². The van der Waals surface area contributed by atoms with E-state index in [1.54, 1.807) is 0 Å². The fourth-order valence-corrected chi connectivity index (χ4v) is 1.58. The van der Waals surface area contributed by atoms with Crippen LogP contribution in [0, 0.1) is 0 Å². The molecule has 1 aromatic heterocycles. The number of imidazole rings is 1. The van der Waals surface area contributed by atoms with Gasteiger partial charge in [0.1, 0.15) is 0 Å². The summed E-state index contributed by atoms with van der Waals surface area (Å²) in [6.45, 7) is 4.13. The van der Waals surface area contributed by atoms with E-state index >= 15 is 0 Å². The number of rotatable bonds is 4. The third kappa shape index (κ3) is 2.14. The zero-order valence-corrected chi connectivity index (χ0v) is 8.05.